The van der Waals surface area contributed by atoms with Crippen LogP contribution >= 0.6 is 0 Å². The van der Waals surface area contributed by atoms with Crippen LogP contribution in [-0.2, 0) is 40.2 Å². The number of rotatable bonds is 12. The van der Waals surface area contributed by atoms with Crippen molar-refractivity contribution in [2.75, 3.05) is 26.3 Å². The summed E-state index contributed by atoms with van der Waals surface area (Å²) in [7, 11) is 0. The van der Waals surface area contributed by atoms with Crippen LogP contribution in [0.25, 0.3) is 6.15 Å². The molecule has 0 radical (unpaired) electrons. The Morgan fingerprint density at radius 2 is 1.08 bits per heavy atom. The molecule has 1 saturated carbocycles. The van der Waals surface area contributed by atoms with E-state index in [1.54, 1.807) is 0 Å². The van der Waals surface area contributed by atoms with Gasteiger partial charge in [-0.05, 0) is 12.8 Å². The second-order valence-electron chi connectivity index (χ2n) is 10.4. The minimum Gasteiger partial charge on any atom is -0.693 e. The molecule has 0 bridgehead atoms. The third kappa shape index (κ3) is 21.8. The number of hydrogen-bond donors (Lipinski definition) is 9. The van der Waals surface area contributed by atoms with Gasteiger partial charge in [0.05, 0.1) is 26.1 Å². The molecule has 2 unspecified atom stereocenters. The normalized spacial score (nSPS) is 14.8. The fourth-order valence-electron chi connectivity index (χ4n) is 2.80. The first-order chi connectivity index (χ1) is 17.0. The van der Waals surface area contributed by atoms with Gasteiger partial charge in [-0.25, -0.2) is 0 Å². The largest absolute Gasteiger partial charge is 0.693 e. The van der Waals surface area contributed by atoms with E-state index in [4.69, 9.17) is 26.2 Å². The number of aliphatic hydroxyl groups excluding tert-OH is 4. The first-order valence-electron chi connectivity index (χ1n) is 12.3. The van der Waals surface area contributed by atoms with Gasteiger partial charge in [-0.2, -0.15) is 0 Å². The molecule has 15 heteroatoms. The molecule has 0 spiro atoms. The molecule has 39 heavy (non-hydrogen) atoms. The van der Waals surface area contributed by atoms with E-state index in [1.165, 1.54) is 59.8 Å². The Labute approximate surface area is 245 Å². The van der Waals surface area contributed by atoms with Gasteiger partial charge in [0.2, 0.25) is 11.8 Å². The molecule has 12 N–H and O–H groups in total. The van der Waals surface area contributed by atoms with E-state index in [1.807, 2.05) is 0 Å². The van der Waals surface area contributed by atoms with E-state index in [9.17, 15) is 29.4 Å². The van der Waals surface area contributed by atoms with E-state index in [2.05, 4.69) is 10.6 Å². The molecule has 1 aliphatic carbocycles. The molecule has 0 heterocycles. The third-order valence-corrected chi connectivity index (χ3v) is 5.72. The number of carbonyl (C=O) groups is 4. The number of hydrogen-bond acceptors (Lipinski definition) is 9. The second kappa shape index (κ2) is 23.1. The molecule has 0 aromatic carbocycles. The van der Waals surface area contributed by atoms with Crippen molar-refractivity contribution in [1.82, 2.24) is 10.6 Å². The summed E-state index contributed by atoms with van der Waals surface area (Å²) in [5.41, 5.74) is 3.76. The fourth-order valence-corrected chi connectivity index (χ4v) is 2.80. The van der Waals surface area contributed by atoms with Gasteiger partial charge < -0.3 is 53.2 Å². The molecule has 1 aliphatic rings. The van der Waals surface area contributed by atoms with E-state index in [0.29, 0.717) is 6.04 Å². The predicted octanol–water partition coefficient (Wildman–Crippen LogP) is -0.0942. The number of carboxylic acids is 2. The first kappa shape index (κ1) is 44.4. The Bertz CT molecular complexity index is 654. The van der Waals surface area contributed by atoms with Crippen LogP contribution in [0.3, 0.4) is 0 Å². The van der Waals surface area contributed by atoms with Gasteiger partial charge in [-0.15, -0.1) is 0 Å². The van der Waals surface area contributed by atoms with Crippen molar-refractivity contribution in [3.05, 3.63) is 6.15 Å². The molecular formula is C24H49N4O10Pt-. The number of carboxylic acid groups (broad SMARTS) is 2. The van der Waals surface area contributed by atoms with E-state index >= 15 is 0 Å². The van der Waals surface area contributed by atoms with Gasteiger partial charge in [0.25, 0.3) is 0 Å². The molecule has 14 nitrogen and oxygen atoms in total. The zero-order valence-corrected chi connectivity index (χ0v) is 25.6. The van der Waals surface area contributed by atoms with E-state index < -0.39 is 46.8 Å². The van der Waals surface area contributed by atoms with Crippen LogP contribution in [0.4, 0.5) is 0 Å². The maximum absolute atomic E-state index is 11.3. The van der Waals surface area contributed by atoms with Crippen molar-refractivity contribution < 1.29 is 70.9 Å². The summed E-state index contributed by atoms with van der Waals surface area (Å²) in [6.45, 7) is 5.41. The van der Waals surface area contributed by atoms with Crippen LogP contribution in [0.1, 0.15) is 72.6 Å². The molecule has 1 rings (SSSR count). The summed E-state index contributed by atoms with van der Waals surface area (Å²) in [6, 6.07) is 0.536. The standard InChI is InChI=1S/2C9H17NO5.C6H13N.H2N.Pt/c2*1-9(2,5-11)7(14)8(15)10-4-3-6(12)13;7-6-4-2-1-3-5-6;;/h2*7,11,14H,3-5H2,1-2H3,(H,10,15)(H,12,13);6H,1-5,7H2;1H2;/q;;;-1;. The number of nitrogens with one attached hydrogen (secondary N) is 2. The summed E-state index contributed by atoms with van der Waals surface area (Å²) in [5.74, 6) is -3.39. The Hall–Kier alpha value is -1.67. The summed E-state index contributed by atoms with van der Waals surface area (Å²) >= 11 is 0. The van der Waals surface area contributed by atoms with E-state index in [0.717, 1.165) is 0 Å². The number of amides is 2. The van der Waals surface area contributed by atoms with Gasteiger partial charge in [-0.1, -0.05) is 47.0 Å². The van der Waals surface area contributed by atoms with Gasteiger partial charge in [0.1, 0.15) is 12.2 Å². The molecule has 0 aliphatic heterocycles. The summed E-state index contributed by atoms with van der Waals surface area (Å²) < 4.78 is 0. The smallest absolute Gasteiger partial charge is 0.305 e. The quantitative estimate of drug-likeness (QED) is 0.127. The molecule has 0 saturated heterocycles. The van der Waals surface area contributed by atoms with Crippen molar-refractivity contribution in [2.45, 2.75) is 90.9 Å². The summed E-state index contributed by atoms with van der Waals surface area (Å²) in [6.07, 6.45) is 3.57. The number of aliphatic hydroxyl groups is 4. The first-order valence-corrected chi connectivity index (χ1v) is 12.3. The molecular weight excluding hydrogens is 699 g/mol. The predicted molar refractivity (Wildman–Crippen MR) is 141 cm³/mol. The number of nitrogens with two attached hydrogens (primary N) is 2. The summed E-state index contributed by atoms with van der Waals surface area (Å²) in [4.78, 5) is 42.8. The van der Waals surface area contributed by atoms with Crippen LogP contribution in [-0.4, -0.2) is 98.9 Å². The van der Waals surface area contributed by atoms with Gasteiger partial charge in [-0.3, -0.25) is 19.2 Å². The van der Waals surface area contributed by atoms with Crippen molar-refractivity contribution >= 4 is 23.8 Å². The average molecular weight is 749 g/mol. The SMILES string of the molecule is CC(C)(CO)C(O)C(=O)NCCC(=O)O.CC(C)(CO)C(O)C(=O)NCCC(=O)O.NC1CCCCC1.[NH2-].[Pt]. The zero-order chi connectivity index (χ0) is 29.2. The van der Waals surface area contributed by atoms with Crippen molar-refractivity contribution in [1.29, 1.82) is 0 Å². The molecule has 236 valence electrons. The maximum Gasteiger partial charge on any atom is 0.305 e. The van der Waals surface area contributed by atoms with Crippen molar-refractivity contribution in [3.8, 4) is 0 Å². The molecule has 0 aromatic rings. The third-order valence-electron chi connectivity index (χ3n) is 5.72. The van der Waals surface area contributed by atoms with Crippen LogP contribution in [0.2, 0.25) is 0 Å². The minimum absolute atomic E-state index is 0. The minimum atomic E-state index is -1.35. The number of carbonyl (C=O) groups excluding carboxylic acids is 2. The Balaban J connectivity index is -0.000000242. The molecule has 2 atom stereocenters. The average Bonchev–Trinajstić information content (AvgIpc) is 2.83. The van der Waals surface area contributed by atoms with E-state index in [-0.39, 0.29) is 66.4 Å². The van der Waals surface area contributed by atoms with Crippen molar-refractivity contribution in [3.63, 3.8) is 0 Å². The Kier molecular flexibility index (Phi) is 26.2. The topological polar surface area (TPSA) is 273 Å². The zero-order valence-electron chi connectivity index (χ0n) is 23.3. The fraction of sp³-hybridized carbons (Fsp3) is 0.833. The van der Waals surface area contributed by atoms with Gasteiger partial charge >= 0.3 is 11.9 Å². The van der Waals surface area contributed by atoms with Crippen LogP contribution in [0.5, 0.6) is 0 Å². The number of aliphatic carboxylic acids is 2. The molecule has 0 aromatic heterocycles. The Morgan fingerprint density at radius 3 is 1.28 bits per heavy atom. The van der Waals surface area contributed by atoms with Crippen LogP contribution in [0, 0.1) is 10.8 Å². The Morgan fingerprint density at radius 1 is 0.769 bits per heavy atom. The van der Waals surface area contributed by atoms with Crippen LogP contribution < -0.4 is 16.4 Å². The summed E-state index contributed by atoms with van der Waals surface area (Å²) in [5, 5.41) is 57.9. The second-order valence-corrected chi connectivity index (χ2v) is 10.4. The monoisotopic (exact) mass is 748 g/mol. The maximum atomic E-state index is 11.3. The molecule has 2 amide bonds. The van der Waals surface area contributed by atoms with Crippen molar-refractivity contribution in [2.24, 2.45) is 16.6 Å². The van der Waals surface area contributed by atoms with Gasteiger partial charge in [0, 0.05) is 51.0 Å². The van der Waals surface area contributed by atoms with Crippen LogP contribution in [0.15, 0.2) is 0 Å². The van der Waals surface area contributed by atoms with Gasteiger partial charge in [0.15, 0.2) is 0 Å². The molecule has 1 fully saturated rings.